The first kappa shape index (κ1) is 22.5. The lowest BCUT2D eigenvalue weighted by atomic mass is 10.1. The summed E-state index contributed by atoms with van der Waals surface area (Å²) in [5.74, 6) is -0.387. The van der Waals surface area contributed by atoms with Crippen LogP contribution < -0.4 is 9.62 Å². The molecule has 2 atom stereocenters. The van der Waals surface area contributed by atoms with Crippen LogP contribution >= 0.6 is 23.2 Å². The Balaban J connectivity index is 2.11. The highest BCUT2D eigenvalue weighted by molar-refractivity contribution is 7.92. The highest BCUT2D eigenvalue weighted by atomic mass is 35.5. The van der Waals surface area contributed by atoms with Crippen molar-refractivity contribution in [3.63, 3.8) is 0 Å². The van der Waals surface area contributed by atoms with E-state index in [0.717, 1.165) is 23.4 Å². The van der Waals surface area contributed by atoms with Gasteiger partial charge in [0.05, 0.1) is 11.9 Å². The first-order valence-electron chi connectivity index (χ1n) is 8.87. The molecule has 1 N–H and O–H groups in total. The second-order valence-corrected chi connectivity index (χ2v) is 9.53. The lowest BCUT2D eigenvalue weighted by molar-refractivity contribution is -0.122. The molecule has 0 aliphatic rings. The Morgan fingerprint density at radius 2 is 1.64 bits per heavy atom. The molecule has 1 amide bonds. The molecule has 2 aromatic carbocycles. The van der Waals surface area contributed by atoms with Crippen molar-refractivity contribution in [2.45, 2.75) is 38.8 Å². The summed E-state index contributed by atoms with van der Waals surface area (Å²) in [6, 6.07) is 13.3. The number of rotatable bonds is 8. The summed E-state index contributed by atoms with van der Waals surface area (Å²) in [6.45, 7) is 3.43. The van der Waals surface area contributed by atoms with E-state index < -0.39 is 16.1 Å². The topological polar surface area (TPSA) is 66.5 Å². The van der Waals surface area contributed by atoms with Crippen LogP contribution in [0.1, 0.15) is 25.8 Å². The van der Waals surface area contributed by atoms with E-state index in [4.69, 9.17) is 23.2 Å². The fourth-order valence-corrected chi connectivity index (χ4v) is 4.61. The third-order valence-corrected chi connectivity index (χ3v) is 5.97. The van der Waals surface area contributed by atoms with Gasteiger partial charge in [0.1, 0.15) is 6.04 Å². The maximum absolute atomic E-state index is 12.7. The molecule has 8 heteroatoms. The van der Waals surface area contributed by atoms with E-state index >= 15 is 0 Å². The molecule has 0 bridgehead atoms. The Morgan fingerprint density at radius 3 is 2.18 bits per heavy atom. The predicted octanol–water partition coefficient (Wildman–Crippen LogP) is 4.29. The van der Waals surface area contributed by atoms with Crippen molar-refractivity contribution in [3.05, 3.63) is 64.1 Å². The van der Waals surface area contributed by atoms with E-state index in [1.54, 1.807) is 0 Å². The first-order valence-corrected chi connectivity index (χ1v) is 11.5. The number of amides is 1. The van der Waals surface area contributed by atoms with Gasteiger partial charge in [-0.2, -0.15) is 0 Å². The van der Waals surface area contributed by atoms with Crippen LogP contribution in [0, 0.1) is 0 Å². The van der Waals surface area contributed by atoms with Gasteiger partial charge in [-0.1, -0.05) is 53.5 Å². The molecule has 0 saturated carbocycles. The fraction of sp³-hybridized carbons (Fsp3) is 0.350. The number of nitrogens with zero attached hydrogens (tertiary/aromatic N) is 1. The molecule has 5 nitrogen and oxygen atoms in total. The van der Waals surface area contributed by atoms with Crippen LogP contribution in [0.15, 0.2) is 48.5 Å². The summed E-state index contributed by atoms with van der Waals surface area (Å²) < 4.78 is 25.7. The number of carbonyl (C=O) groups excluding carboxylic acids is 1. The molecular formula is C20H24Cl2N2O3S. The van der Waals surface area contributed by atoms with E-state index in [2.05, 4.69) is 5.32 Å². The zero-order valence-electron chi connectivity index (χ0n) is 16.0. The molecule has 0 spiro atoms. The second-order valence-electron chi connectivity index (χ2n) is 6.80. The van der Waals surface area contributed by atoms with Crippen LogP contribution in [0.4, 0.5) is 5.69 Å². The molecule has 0 unspecified atom stereocenters. The van der Waals surface area contributed by atoms with Crippen LogP contribution in [0.3, 0.4) is 0 Å². The summed E-state index contributed by atoms with van der Waals surface area (Å²) in [5, 5.41) is 3.47. The smallest absolute Gasteiger partial charge is 0.243 e. The number of nitrogens with one attached hydrogen (secondary N) is 1. The molecule has 2 aromatic rings. The third-order valence-electron chi connectivity index (χ3n) is 4.29. The maximum atomic E-state index is 12.7. The normalized spacial score (nSPS) is 13.6. The molecule has 0 fully saturated rings. The highest BCUT2D eigenvalue weighted by Gasteiger charge is 2.30. The molecular weight excluding hydrogens is 419 g/mol. The van der Waals surface area contributed by atoms with Gasteiger partial charge in [-0.15, -0.1) is 0 Å². The molecule has 0 aliphatic heterocycles. The average molecular weight is 443 g/mol. The van der Waals surface area contributed by atoms with Crippen LogP contribution in [-0.4, -0.2) is 32.7 Å². The van der Waals surface area contributed by atoms with E-state index in [1.807, 2.05) is 37.3 Å². The molecule has 0 radical (unpaired) electrons. The average Bonchev–Trinajstić information content (AvgIpc) is 2.59. The van der Waals surface area contributed by atoms with E-state index in [1.165, 1.54) is 30.7 Å². The van der Waals surface area contributed by atoms with E-state index in [-0.39, 0.29) is 17.6 Å². The third kappa shape index (κ3) is 6.40. The van der Waals surface area contributed by atoms with Crippen molar-refractivity contribution in [1.82, 2.24) is 5.32 Å². The number of carbonyl (C=O) groups is 1. The molecule has 0 aromatic heterocycles. The van der Waals surface area contributed by atoms with Gasteiger partial charge in [-0.05, 0) is 50.5 Å². The largest absolute Gasteiger partial charge is 0.352 e. The number of aryl methyl sites for hydroxylation is 1. The Hall–Kier alpha value is -1.76. The lowest BCUT2D eigenvalue weighted by Gasteiger charge is -2.29. The van der Waals surface area contributed by atoms with Crippen LogP contribution in [0.2, 0.25) is 10.0 Å². The number of anilines is 1. The van der Waals surface area contributed by atoms with Gasteiger partial charge < -0.3 is 5.32 Å². The summed E-state index contributed by atoms with van der Waals surface area (Å²) in [4.78, 5) is 12.7. The number of hydrogen-bond donors (Lipinski definition) is 1. The molecule has 2 rings (SSSR count). The molecule has 152 valence electrons. The van der Waals surface area contributed by atoms with E-state index in [0.29, 0.717) is 10.0 Å². The Morgan fingerprint density at radius 1 is 1.07 bits per heavy atom. The summed E-state index contributed by atoms with van der Waals surface area (Å²) in [6.07, 6.45) is 2.60. The molecule has 0 heterocycles. The minimum absolute atomic E-state index is 0.112. The van der Waals surface area contributed by atoms with Crippen molar-refractivity contribution < 1.29 is 13.2 Å². The van der Waals surface area contributed by atoms with E-state index in [9.17, 15) is 13.2 Å². The summed E-state index contributed by atoms with van der Waals surface area (Å²) in [7, 11) is -3.73. The predicted molar refractivity (Wildman–Crippen MR) is 116 cm³/mol. The number of benzene rings is 2. The van der Waals surface area contributed by atoms with Gasteiger partial charge in [-0.3, -0.25) is 9.10 Å². The Bertz CT molecular complexity index is 900. The lowest BCUT2D eigenvalue weighted by Crippen LogP contribution is -2.50. The zero-order valence-corrected chi connectivity index (χ0v) is 18.4. The number of halogens is 2. The monoisotopic (exact) mass is 442 g/mol. The van der Waals surface area contributed by atoms with Crippen molar-refractivity contribution in [2.24, 2.45) is 0 Å². The SMILES string of the molecule is C[C@@H](CCc1ccccc1)NC(=O)[C@H](C)N(c1cc(Cl)cc(Cl)c1)S(C)(=O)=O. The molecule has 0 aliphatic carbocycles. The van der Waals surface area contributed by atoms with Gasteiger partial charge >= 0.3 is 0 Å². The minimum Gasteiger partial charge on any atom is -0.352 e. The number of sulfonamides is 1. The quantitative estimate of drug-likeness (QED) is 0.662. The van der Waals surface area contributed by atoms with Crippen molar-refractivity contribution >= 4 is 44.8 Å². The van der Waals surface area contributed by atoms with Gasteiger partial charge in [0.25, 0.3) is 0 Å². The maximum Gasteiger partial charge on any atom is 0.243 e. The van der Waals surface area contributed by atoms with Crippen molar-refractivity contribution in [1.29, 1.82) is 0 Å². The highest BCUT2D eigenvalue weighted by Crippen LogP contribution is 2.28. The van der Waals surface area contributed by atoms with Gasteiger partial charge in [0.2, 0.25) is 15.9 Å². The van der Waals surface area contributed by atoms with Crippen molar-refractivity contribution in [2.75, 3.05) is 10.6 Å². The van der Waals surface area contributed by atoms with Crippen LogP contribution in [0.5, 0.6) is 0 Å². The van der Waals surface area contributed by atoms with Gasteiger partial charge in [0, 0.05) is 16.1 Å². The number of hydrogen-bond acceptors (Lipinski definition) is 3. The minimum atomic E-state index is -3.73. The van der Waals surface area contributed by atoms with Crippen molar-refractivity contribution in [3.8, 4) is 0 Å². The summed E-state index contributed by atoms with van der Waals surface area (Å²) in [5.41, 5.74) is 1.43. The van der Waals surface area contributed by atoms with Crippen LogP contribution in [0.25, 0.3) is 0 Å². The van der Waals surface area contributed by atoms with Crippen LogP contribution in [-0.2, 0) is 21.2 Å². The van der Waals surface area contributed by atoms with Gasteiger partial charge in [-0.25, -0.2) is 8.42 Å². The first-order chi connectivity index (χ1) is 13.1. The zero-order chi connectivity index (χ0) is 20.9. The molecule has 0 saturated heterocycles. The standard InChI is InChI=1S/C20H24Cl2N2O3S/c1-14(9-10-16-7-5-4-6-8-16)23-20(25)15(2)24(28(3,26)27)19-12-17(21)11-18(22)13-19/h4-8,11-15H,9-10H2,1-3H3,(H,23,25)/t14-,15-/m0/s1. The second kappa shape index (κ2) is 9.63. The Kier molecular flexibility index (Phi) is 7.75. The summed E-state index contributed by atoms with van der Waals surface area (Å²) >= 11 is 12.0. The fourth-order valence-electron chi connectivity index (χ4n) is 2.94. The Labute approximate surface area is 176 Å². The van der Waals surface area contributed by atoms with Gasteiger partial charge in [0.15, 0.2) is 0 Å². The molecule has 28 heavy (non-hydrogen) atoms.